The molecule has 3 heteroatoms. The first kappa shape index (κ1) is 9.00. The lowest BCUT2D eigenvalue weighted by Gasteiger charge is -2.05. The molecule has 0 spiro atoms. The molecule has 0 aliphatic heterocycles. The molecule has 0 saturated heterocycles. The highest BCUT2D eigenvalue weighted by Gasteiger charge is 2.09. The topological polar surface area (TPSA) is 38.0 Å². The van der Waals surface area contributed by atoms with Gasteiger partial charge < -0.3 is 9.67 Å². The highest BCUT2D eigenvalue weighted by atomic mass is 16.3. The van der Waals surface area contributed by atoms with Gasteiger partial charge in [-0.25, -0.2) is 4.98 Å². The van der Waals surface area contributed by atoms with Crippen molar-refractivity contribution in [2.75, 3.05) is 0 Å². The van der Waals surface area contributed by atoms with Gasteiger partial charge in [-0.15, -0.1) is 6.58 Å². The lowest BCUT2D eigenvalue weighted by molar-refractivity contribution is 0.174. The molecule has 66 valence electrons. The Morgan fingerprint density at radius 1 is 1.83 bits per heavy atom. The predicted molar refractivity (Wildman–Crippen MR) is 47.6 cm³/mol. The van der Waals surface area contributed by atoms with Gasteiger partial charge in [-0.3, -0.25) is 0 Å². The third kappa shape index (κ3) is 2.20. The zero-order chi connectivity index (χ0) is 9.14. The average molecular weight is 166 g/mol. The quantitative estimate of drug-likeness (QED) is 0.689. The maximum absolute atomic E-state index is 9.57. The molecule has 1 rings (SSSR count). The number of aliphatic hydroxyl groups excluding tert-OH is 1. The van der Waals surface area contributed by atoms with E-state index < -0.39 is 6.10 Å². The molecule has 0 radical (unpaired) electrons. The monoisotopic (exact) mass is 166 g/mol. The van der Waals surface area contributed by atoms with Crippen LogP contribution in [0.3, 0.4) is 0 Å². The molecule has 1 aromatic rings. The van der Waals surface area contributed by atoms with Crippen molar-refractivity contribution in [2.24, 2.45) is 7.05 Å². The number of hydrogen-bond donors (Lipinski definition) is 1. The Morgan fingerprint density at radius 2 is 2.50 bits per heavy atom. The van der Waals surface area contributed by atoms with Crippen molar-refractivity contribution in [1.82, 2.24) is 9.55 Å². The average Bonchev–Trinajstić information content (AvgIpc) is 2.34. The summed E-state index contributed by atoms with van der Waals surface area (Å²) in [5, 5.41) is 9.57. The van der Waals surface area contributed by atoms with Gasteiger partial charge in [0.05, 0.1) is 12.0 Å². The van der Waals surface area contributed by atoms with Crippen LogP contribution in [0.2, 0.25) is 0 Å². The minimum atomic E-state index is -0.510. The SMILES string of the molecule is C=C(C)CC(O)c1cn(C)cn1. The van der Waals surface area contributed by atoms with Crippen molar-refractivity contribution < 1.29 is 5.11 Å². The van der Waals surface area contributed by atoms with E-state index in [9.17, 15) is 5.11 Å². The second-order valence-corrected chi connectivity index (χ2v) is 3.14. The highest BCUT2D eigenvalue weighted by molar-refractivity contribution is 5.05. The summed E-state index contributed by atoms with van der Waals surface area (Å²) >= 11 is 0. The first-order valence-corrected chi connectivity index (χ1v) is 3.90. The van der Waals surface area contributed by atoms with Crippen LogP contribution in [0.4, 0.5) is 0 Å². The standard InChI is InChI=1S/C9H14N2O/c1-7(2)4-9(12)8-5-11(3)6-10-8/h5-6,9,12H,1,4H2,2-3H3. The van der Waals surface area contributed by atoms with E-state index in [1.807, 2.05) is 24.7 Å². The molecule has 1 N–H and O–H groups in total. The number of aryl methyl sites for hydroxylation is 1. The molecule has 0 aliphatic rings. The van der Waals surface area contributed by atoms with Crippen LogP contribution in [0, 0.1) is 0 Å². The number of imidazole rings is 1. The molecule has 0 aromatic carbocycles. The summed E-state index contributed by atoms with van der Waals surface area (Å²) in [6, 6.07) is 0. The molecule has 3 nitrogen and oxygen atoms in total. The summed E-state index contributed by atoms with van der Waals surface area (Å²) in [7, 11) is 1.88. The molecule has 1 heterocycles. The van der Waals surface area contributed by atoms with Crippen LogP contribution >= 0.6 is 0 Å². The summed E-state index contributed by atoms with van der Waals surface area (Å²) in [6.45, 7) is 5.63. The molecule has 0 saturated carbocycles. The number of aliphatic hydroxyl groups is 1. The largest absolute Gasteiger partial charge is 0.386 e. The second-order valence-electron chi connectivity index (χ2n) is 3.14. The maximum atomic E-state index is 9.57. The fraction of sp³-hybridized carbons (Fsp3) is 0.444. The molecule has 0 fully saturated rings. The zero-order valence-corrected chi connectivity index (χ0v) is 7.49. The first-order chi connectivity index (χ1) is 5.59. The van der Waals surface area contributed by atoms with Crippen molar-refractivity contribution in [1.29, 1.82) is 0 Å². The Bertz CT molecular complexity index is 278. The van der Waals surface area contributed by atoms with Gasteiger partial charge in [-0.2, -0.15) is 0 Å². The van der Waals surface area contributed by atoms with E-state index in [4.69, 9.17) is 0 Å². The Kier molecular flexibility index (Phi) is 2.65. The van der Waals surface area contributed by atoms with E-state index in [0.717, 1.165) is 5.57 Å². The first-order valence-electron chi connectivity index (χ1n) is 3.90. The van der Waals surface area contributed by atoms with Gasteiger partial charge in [0.25, 0.3) is 0 Å². The summed E-state index contributed by atoms with van der Waals surface area (Å²) in [5.74, 6) is 0. The van der Waals surface area contributed by atoms with Crippen LogP contribution in [0.5, 0.6) is 0 Å². The summed E-state index contributed by atoms with van der Waals surface area (Å²) < 4.78 is 1.82. The second kappa shape index (κ2) is 3.54. The molecule has 1 atom stereocenters. The molecule has 1 aromatic heterocycles. The third-order valence-electron chi connectivity index (χ3n) is 1.61. The fourth-order valence-corrected chi connectivity index (χ4v) is 1.04. The van der Waals surface area contributed by atoms with Crippen molar-refractivity contribution >= 4 is 0 Å². The minimum absolute atomic E-state index is 0.510. The number of aromatic nitrogens is 2. The van der Waals surface area contributed by atoms with Crippen LogP contribution < -0.4 is 0 Å². The molecular formula is C9H14N2O. The molecule has 0 amide bonds. The van der Waals surface area contributed by atoms with E-state index in [2.05, 4.69) is 11.6 Å². The lowest BCUT2D eigenvalue weighted by Crippen LogP contribution is -1.97. The van der Waals surface area contributed by atoms with Crippen LogP contribution in [0.1, 0.15) is 25.1 Å². The van der Waals surface area contributed by atoms with Gasteiger partial charge in [0.2, 0.25) is 0 Å². The lowest BCUT2D eigenvalue weighted by atomic mass is 10.1. The number of hydrogen-bond acceptors (Lipinski definition) is 2. The van der Waals surface area contributed by atoms with Crippen molar-refractivity contribution in [3.8, 4) is 0 Å². The number of nitrogens with zero attached hydrogens (tertiary/aromatic N) is 2. The molecule has 1 unspecified atom stereocenters. The van der Waals surface area contributed by atoms with Crippen molar-refractivity contribution in [3.63, 3.8) is 0 Å². The van der Waals surface area contributed by atoms with E-state index in [0.29, 0.717) is 12.1 Å². The Morgan fingerprint density at radius 3 is 2.92 bits per heavy atom. The Labute approximate surface area is 72.4 Å². The van der Waals surface area contributed by atoms with Gasteiger partial charge in [0.15, 0.2) is 0 Å². The summed E-state index contributed by atoms with van der Waals surface area (Å²) in [4.78, 5) is 4.04. The Balaban J connectivity index is 2.64. The summed E-state index contributed by atoms with van der Waals surface area (Å²) in [6.07, 6.45) is 3.56. The minimum Gasteiger partial charge on any atom is -0.386 e. The normalized spacial score (nSPS) is 12.9. The van der Waals surface area contributed by atoms with E-state index in [1.54, 1.807) is 6.33 Å². The smallest absolute Gasteiger partial charge is 0.101 e. The molecule has 0 bridgehead atoms. The van der Waals surface area contributed by atoms with Crippen molar-refractivity contribution in [3.05, 3.63) is 30.4 Å². The third-order valence-corrected chi connectivity index (χ3v) is 1.61. The van der Waals surface area contributed by atoms with Crippen LogP contribution in [-0.4, -0.2) is 14.7 Å². The van der Waals surface area contributed by atoms with E-state index in [1.165, 1.54) is 0 Å². The molecule has 12 heavy (non-hydrogen) atoms. The van der Waals surface area contributed by atoms with Gasteiger partial charge in [-0.05, 0) is 13.3 Å². The summed E-state index contributed by atoms with van der Waals surface area (Å²) in [5.41, 5.74) is 1.67. The predicted octanol–water partition coefficient (Wildman–Crippen LogP) is 1.42. The van der Waals surface area contributed by atoms with Gasteiger partial charge in [0, 0.05) is 13.2 Å². The van der Waals surface area contributed by atoms with Gasteiger partial charge >= 0.3 is 0 Å². The van der Waals surface area contributed by atoms with Crippen LogP contribution in [-0.2, 0) is 7.05 Å². The van der Waals surface area contributed by atoms with Gasteiger partial charge in [0.1, 0.15) is 6.10 Å². The zero-order valence-electron chi connectivity index (χ0n) is 7.49. The van der Waals surface area contributed by atoms with Crippen LogP contribution in [0.25, 0.3) is 0 Å². The highest BCUT2D eigenvalue weighted by Crippen LogP contribution is 2.17. The Hall–Kier alpha value is -1.09. The number of rotatable bonds is 3. The molecule has 0 aliphatic carbocycles. The van der Waals surface area contributed by atoms with Crippen molar-refractivity contribution in [2.45, 2.75) is 19.4 Å². The molecular weight excluding hydrogens is 152 g/mol. The maximum Gasteiger partial charge on any atom is 0.101 e. The van der Waals surface area contributed by atoms with Gasteiger partial charge in [-0.1, -0.05) is 5.57 Å². The van der Waals surface area contributed by atoms with E-state index >= 15 is 0 Å². The van der Waals surface area contributed by atoms with Crippen LogP contribution in [0.15, 0.2) is 24.7 Å². The fourth-order valence-electron chi connectivity index (χ4n) is 1.04. The van der Waals surface area contributed by atoms with E-state index in [-0.39, 0.29) is 0 Å².